The maximum atomic E-state index is 11.8. The fourth-order valence-electron chi connectivity index (χ4n) is 1.28. The van der Waals surface area contributed by atoms with Crippen molar-refractivity contribution in [2.24, 2.45) is 0 Å². The molecule has 1 saturated heterocycles. The first-order chi connectivity index (χ1) is 6.77. The van der Waals surface area contributed by atoms with Crippen LogP contribution >= 0.6 is 23.1 Å². The van der Waals surface area contributed by atoms with E-state index >= 15 is 0 Å². The van der Waals surface area contributed by atoms with E-state index in [0.717, 1.165) is 16.5 Å². The molecule has 1 aromatic rings. The minimum atomic E-state index is -0.282. The summed E-state index contributed by atoms with van der Waals surface area (Å²) in [7, 11) is 0. The van der Waals surface area contributed by atoms with E-state index in [9.17, 15) is 4.79 Å². The molecule has 0 aromatic carbocycles. The van der Waals surface area contributed by atoms with Gasteiger partial charge in [0.15, 0.2) is 0 Å². The summed E-state index contributed by atoms with van der Waals surface area (Å²) in [5.41, 5.74) is 0.556. The predicted molar refractivity (Wildman–Crippen MR) is 58.2 cm³/mol. The van der Waals surface area contributed by atoms with Gasteiger partial charge in [0.2, 0.25) is 5.78 Å². The summed E-state index contributed by atoms with van der Waals surface area (Å²) in [4.78, 5) is 16.0. The molecule has 1 unspecified atom stereocenters. The lowest BCUT2D eigenvalue weighted by Gasteiger charge is -2.19. The van der Waals surface area contributed by atoms with E-state index in [4.69, 9.17) is 4.74 Å². The Morgan fingerprint density at radius 3 is 3.14 bits per heavy atom. The number of hydrogen-bond acceptors (Lipinski definition) is 5. The van der Waals surface area contributed by atoms with Crippen molar-refractivity contribution in [2.75, 3.05) is 18.1 Å². The van der Waals surface area contributed by atoms with E-state index in [-0.39, 0.29) is 11.9 Å². The van der Waals surface area contributed by atoms with Gasteiger partial charge < -0.3 is 4.74 Å². The highest BCUT2D eigenvalue weighted by atomic mass is 32.2. The number of aryl methyl sites for hydroxylation is 1. The summed E-state index contributed by atoms with van der Waals surface area (Å²) in [6, 6.07) is 0. The van der Waals surface area contributed by atoms with Crippen molar-refractivity contribution in [3.63, 3.8) is 0 Å². The molecule has 2 heterocycles. The fraction of sp³-hybridized carbons (Fsp3) is 0.556. The molecule has 1 aliphatic rings. The summed E-state index contributed by atoms with van der Waals surface area (Å²) >= 11 is 3.27. The van der Waals surface area contributed by atoms with Crippen LogP contribution in [-0.2, 0) is 4.74 Å². The summed E-state index contributed by atoms with van der Waals surface area (Å²) in [5, 5.41) is 2.73. The lowest BCUT2D eigenvalue weighted by Crippen LogP contribution is -2.31. The average Bonchev–Trinajstić information content (AvgIpc) is 2.65. The molecule has 1 aromatic heterocycles. The molecular weight excluding hydrogens is 218 g/mol. The molecule has 76 valence electrons. The number of carbonyl (C=O) groups is 1. The first-order valence-corrected chi connectivity index (χ1v) is 6.46. The quantitative estimate of drug-likeness (QED) is 0.724. The highest BCUT2D eigenvalue weighted by Crippen LogP contribution is 2.18. The first kappa shape index (κ1) is 10.1. The summed E-state index contributed by atoms with van der Waals surface area (Å²) in [6.45, 7) is 2.57. The monoisotopic (exact) mass is 229 g/mol. The van der Waals surface area contributed by atoms with Gasteiger partial charge in [0, 0.05) is 16.9 Å². The highest BCUT2D eigenvalue weighted by Gasteiger charge is 2.25. The van der Waals surface area contributed by atoms with Gasteiger partial charge in [-0.25, -0.2) is 4.98 Å². The lowest BCUT2D eigenvalue weighted by molar-refractivity contribution is 0.0514. The van der Waals surface area contributed by atoms with Crippen LogP contribution < -0.4 is 0 Å². The second kappa shape index (κ2) is 4.42. The molecule has 0 saturated carbocycles. The topological polar surface area (TPSA) is 39.2 Å². The Morgan fingerprint density at radius 2 is 2.57 bits per heavy atom. The zero-order chi connectivity index (χ0) is 9.97. The zero-order valence-corrected chi connectivity index (χ0v) is 9.49. The number of carbonyl (C=O) groups excluding carboxylic acids is 1. The Hall–Kier alpha value is -0.390. The number of ether oxygens (including phenoxy) is 1. The number of thioether (sulfide) groups is 1. The number of thiazole rings is 1. The Morgan fingerprint density at radius 1 is 1.71 bits per heavy atom. The molecule has 0 N–H and O–H groups in total. The molecule has 0 bridgehead atoms. The van der Waals surface area contributed by atoms with Gasteiger partial charge in [-0.2, -0.15) is 11.8 Å². The third-order valence-electron chi connectivity index (χ3n) is 1.98. The molecule has 1 aliphatic heterocycles. The first-order valence-electron chi connectivity index (χ1n) is 4.43. The molecule has 0 aliphatic carbocycles. The minimum absolute atomic E-state index is 0.0292. The van der Waals surface area contributed by atoms with Crippen molar-refractivity contribution >= 4 is 28.9 Å². The van der Waals surface area contributed by atoms with Gasteiger partial charge in [0.05, 0.1) is 11.6 Å². The van der Waals surface area contributed by atoms with Crippen LogP contribution in [0.25, 0.3) is 0 Å². The zero-order valence-electron chi connectivity index (χ0n) is 7.86. The molecule has 0 radical (unpaired) electrons. The highest BCUT2D eigenvalue weighted by molar-refractivity contribution is 7.99. The second-order valence-electron chi connectivity index (χ2n) is 3.05. The van der Waals surface area contributed by atoms with Crippen LogP contribution in [0.3, 0.4) is 0 Å². The number of ketones is 1. The molecule has 0 amide bonds. The number of rotatable bonds is 2. The van der Waals surface area contributed by atoms with Crippen LogP contribution in [0.4, 0.5) is 0 Å². The van der Waals surface area contributed by atoms with E-state index in [1.807, 2.05) is 6.92 Å². The second-order valence-corrected chi connectivity index (χ2v) is 5.26. The van der Waals surface area contributed by atoms with Crippen LogP contribution in [0.1, 0.15) is 15.5 Å². The SMILES string of the molecule is Cc1nc(C(=O)C2CSCCO2)cs1. The van der Waals surface area contributed by atoms with Crippen molar-refractivity contribution < 1.29 is 9.53 Å². The Kier molecular flexibility index (Phi) is 3.20. The third kappa shape index (κ3) is 2.16. The van der Waals surface area contributed by atoms with Gasteiger partial charge in [-0.1, -0.05) is 0 Å². The maximum absolute atomic E-state index is 11.8. The minimum Gasteiger partial charge on any atom is -0.368 e. The van der Waals surface area contributed by atoms with Crippen molar-refractivity contribution in [2.45, 2.75) is 13.0 Å². The van der Waals surface area contributed by atoms with Crippen LogP contribution in [0.15, 0.2) is 5.38 Å². The Bertz CT molecular complexity index is 331. The van der Waals surface area contributed by atoms with E-state index in [1.165, 1.54) is 11.3 Å². The number of nitrogens with zero attached hydrogens (tertiary/aromatic N) is 1. The third-order valence-corrected chi connectivity index (χ3v) is 3.75. The van der Waals surface area contributed by atoms with Crippen LogP contribution in [0, 0.1) is 6.92 Å². The maximum Gasteiger partial charge on any atom is 0.211 e. The standard InChI is InChI=1S/C9H11NO2S2/c1-6-10-7(4-14-6)9(11)8-5-13-3-2-12-8/h4,8H,2-3,5H2,1H3. The molecule has 1 atom stereocenters. The van der Waals surface area contributed by atoms with E-state index in [2.05, 4.69) is 4.98 Å². The van der Waals surface area contributed by atoms with Crippen LogP contribution in [0.2, 0.25) is 0 Å². The summed E-state index contributed by atoms with van der Waals surface area (Å²) in [6.07, 6.45) is -0.282. The van der Waals surface area contributed by atoms with Gasteiger partial charge in [-0.3, -0.25) is 4.79 Å². The molecular formula is C9H11NO2S2. The molecule has 2 rings (SSSR count). The van der Waals surface area contributed by atoms with Gasteiger partial charge in [0.1, 0.15) is 11.8 Å². The lowest BCUT2D eigenvalue weighted by atomic mass is 10.2. The van der Waals surface area contributed by atoms with E-state index < -0.39 is 0 Å². The fourth-order valence-corrected chi connectivity index (χ4v) is 2.73. The van der Waals surface area contributed by atoms with Crippen molar-refractivity contribution in [3.8, 4) is 0 Å². The largest absolute Gasteiger partial charge is 0.368 e. The molecule has 14 heavy (non-hydrogen) atoms. The Labute approximate surface area is 90.9 Å². The van der Waals surface area contributed by atoms with Crippen molar-refractivity contribution in [1.82, 2.24) is 4.98 Å². The average molecular weight is 229 g/mol. The molecule has 5 heteroatoms. The molecule has 0 spiro atoms. The Balaban J connectivity index is 2.07. The van der Waals surface area contributed by atoms with Crippen LogP contribution in [0.5, 0.6) is 0 Å². The van der Waals surface area contributed by atoms with Crippen molar-refractivity contribution in [3.05, 3.63) is 16.1 Å². The van der Waals surface area contributed by atoms with Gasteiger partial charge in [-0.15, -0.1) is 11.3 Å². The molecule has 3 nitrogen and oxygen atoms in total. The summed E-state index contributed by atoms with van der Waals surface area (Å²) in [5.74, 6) is 1.77. The van der Waals surface area contributed by atoms with Gasteiger partial charge in [-0.05, 0) is 6.92 Å². The smallest absolute Gasteiger partial charge is 0.211 e. The van der Waals surface area contributed by atoms with Crippen molar-refractivity contribution in [1.29, 1.82) is 0 Å². The van der Waals surface area contributed by atoms with E-state index in [1.54, 1.807) is 17.1 Å². The normalized spacial score (nSPS) is 22.2. The summed E-state index contributed by atoms with van der Waals surface area (Å²) < 4.78 is 5.40. The number of Topliss-reactive ketones (excluding diaryl/α,β-unsaturated/α-hetero) is 1. The van der Waals surface area contributed by atoms with Crippen LogP contribution in [-0.4, -0.2) is 35.0 Å². The molecule has 1 fully saturated rings. The van der Waals surface area contributed by atoms with Gasteiger partial charge >= 0.3 is 0 Å². The number of aromatic nitrogens is 1. The van der Waals surface area contributed by atoms with E-state index in [0.29, 0.717) is 12.3 Å². The number of hydrogen-bond donors (Lipinski definition) is 0. The predicted octanol–water partition coefficient (Wildman–Crippen LogP) is 1.77. The van der Waals surface area contributed by atoms with Gasteiger partial charge in [0.25, 0.3) is 0 Å².